The van der Waals surface area contributed by atoms with Crippen LogP contribution in [0.4, 0.5) is 8.78 Å². The van der Waals surface area contributed by atoms with Gasteiger partial charge < -0.3 is 9.84 Å². The van der Waals surface area contributed by atoms with Crippen molar-refractivity contribution in [3.05, 3.63) is 58.6 Å². The number of aliphatic hydroxyl groups is 1. The van der Waals surface area contributed by atoms with Crippen LogP contribution in [0.15, 0.2) is 36.4 Å². The van der Waals surface area contributed by atoms with Crippen molar-refractivity contribution in [2.24, 2.45) is 0 Å². The molecule has 100 valence electrons. The molecule has 5 heteroatoms. The van der Waals surface area contributed by atoms with Gasteiger partial charge in [-0.15, -0.1) is 0 Å². The van der Waals surface area contributed by atoms with Crippen LogP contribution in [-0.4, -0.2) is 5.11 Å². The molecule has 2 nitrogen and oxygen atoms in total. The van der Waals surface area contributed by atoms with Gasteiger partial charge in [-0.25, -0.2) is 8.78 Å². The summed E-state index contributed by atoms with van der Waals surface area (Å²) in [5.74, 6) is -0.901. The number of rotatable bonds is 3. The van der Waals surface area contributed by atoms with Crippen molar-refractivity contribution < 1.29 is 18.6 Å². The molecule has 0 saturated heterocycles. The molecule has 0 saturated carbocycles. The highest BCUT2D eigenvalue weighted by atomic mass is 35.5. The van der Waals surface area contributed by atoms with E-state index in [2.05, 4.69) is 0 Å². The van der Waals surface area contributed by atoms with Gasteiger partial charge in [0.05, 0.1) is 16.7 Å². The minimum absolute atomic E-state index is 0.0256. The lowest BCUT2D eigenvalue weighted by atomic mass is 10.1. The van der Waals surface area contributed by atoms with Gasteiger partial charge in [0.1, 0.15) is 23.1 Å². The molecular formula is C14H11ClF2O2. The van der Waals surface area contributed by atoms with E-state index in [0.717, 1.165) is 6.07 Å². The van der Waals surface area contributed by atoms with Crippen LogP contribution in [0.5, 0.6) is 11.5 Å². The molecule has 0 aliphatic carbocycles. The maximum absolute atomic E-state index is 13.6. The second kappa shape index (κ2) is 5.55. The quantitative estimate of drug-likeness (QED) is 0.901. The molecule has 0 aromatic heterocycles. The zero-order valence-corrected chi connectivity index (χ0v) is 10.8. The molecule has 0 aliphatic rings. The molecule has 0 spiro atoms. The summed E-state index contributed by atoms with van der Waals surface area (Å²) in [4.78, 5) is 0. The maximum Gasteiger partial charge on any atom is 0.145 e. The highest BCUT2D eigenvalue weighted by Crippen LogP contribution is 2.32. The number of benzene rings is 2. The molecule has 0 bridgehead atoms. The van der Waals surface area contributed by atoms with E-state index >= 15 is 0 Å². The molecule has 0 aliphatic heterocycles. The lowest BCUT2D eigenvalue weighted by molar-refractivity contribution is 0.190. The molecule has 19 heavy (non-hydrogen) atoms. The van der Waals surface area contributed by atoms with Gasteiger partial charge in [0.25, 0.3) is 0 Å². The first-order chi connectivity index (χ1) is 8.99. The Balaban J connectivity index is 2.38. The van der Waals surface area contributed by atoms with Crippen LogP contribution in [0.3, 0.4) is 0 Å². The Labute approximate surface area is 114 Å². The summed E-state index contributed by atoms with van der Waals surface area (Å²) in [6.07, 6.45) is -1.03. The Morgan fingerprint density at radius 1 is 1.16 bits per heavy atom. The Hall–Kier alpha value is -1.65. The van der Waals surface area contributed by atoms with Gasteiger partial charge in [-0.2, -0.15) is 0 Å². The fourth-order valence-electron chi connectivity index (χ4n) is 1.68. The average molecular weight is 285 g/mol. The molecule has 2 rings (SSSR count). The van der Waals surface area contributed by atoms with Gasteiger partial charge in [0, 0.05) is 6.07 Å². The number of hydrogen-bond donors (Lipinski definition) is 1. The van der Waals surface area contributed by atoms with Crippen molar-refractivity contribution in [2.45, 2.75) is 13.0 Å². The van der Waals surface area contributed by atoms with Crippen molar-refractivity contribution >= 4 is 11.6 Å². The molecule has 1 N–H and O–H groups in total. The topological polar surface area (TPSA) is 29.5 Å². The summed E-state index contributed by atoms with van der Waals surface area (Å²) >= 11 is 5.56. The lowest BCUT2D eigenvalue weighted by Gasteiger charge is -2.14. The van der Waals surface area contributed by atoms with E-state index in [0.29, 0.717) is 0 Å². The third-order valence-corrected chi connectivity index (χ3v) is 2.86. The van der Waals surface area contributed by atoms with E-state index in [9.17, 15) is 13.9 Å². The summed E-state index contributed by atoms with van der Waals surface area (Å²) in [5, 5.41) is 9.52. The normalized spacial score (nSPS) is 12.3. The van der Waals surface area contributed by atoms with Crippen LogP contribution >= 0.6 is 11.6 Å². The number of ether oxygens (including phenoxy) is 1. The van der Waals surface area contributed by atoms with Crippen LogP contribution in [0.2, 0.25) is 5.02 Å². The molecule has 0 heterocycles. The molecular weight excluding hydrogens is 274 g/mol. The second-order valence-electron chi connectivity index (χ2n) is 4.01. The third kappa shape index (κ3) is 3.03. The fourth-order valence-corrected chi connectivity index (χ4v) is 1.80. The van der Waals surface area contributed by atoms with E-state index in [-0.39, 0.29) is 22.1 Å². The van der Waals surface area contributed by atoms with Gasteiger partial charge in [-0.05, 0) is 31.2 Å². The predicted octanol–water partition coefficient (Wildman–Crippen LogP) is 4.46. The number of halogens is 3. The van der Waals surface area contributed by atoms with Gasteiger partial charge in [0.2, 0.25) is 0 Å². The summed E-state index contributed by atoms with van der Waals surface area (Å²) in [6.45, 7) is 1.42. The molecule has 0 amide bonds. The van der Waals surface area contributed by atoms with Crippen LogP contribution in [0.1, 0.15) is 18.6 Å². The van der Waals surface area contributed by atoms with E-state index < -0.39 is 17.7 Å². The SMILES string of the molecule is C[C@H](O)c1c(F)cccc1Oc1ccc(Cl)c(F)c1. The van der Waals surface area contributed by atoms with Crippen LogP contribution in [0.25, 0.3) is 0 Å². The Morgan fingerprint density at radius 2 is 1.89 bits per heavy atom. The standard InChI is InChI=1S/C14H11ClF2O2/c1-8(18)14-11(16)3-2-4-13(14)19-9-5-6-10(15)12(17)7-9/h2-8,18H,1H3/t8-/m0/s1. The van der Waals surface area contributed by atoms with E-state index in [1.54, 1.807) is 0 Å². The first-order valence-corrected chi connectivity index (χ1v) is 5.96. The monoisotopic (exact) mass is 284 g/mol. The highest BCUT2D eigenvalue weighted by molar-refractivity contribution is 6.30. The van der Waals surface area contributed by atoms with E-state index in [1.807, 2.05) is 0 Å². The minimum Gasteiger partial charge on any atom is -0.457 e. The second-order valence-corrected chi connectivity index (χ2v) is 4.41. The first kappa shape index (κ1) is 13.8. The Bertz CT molecular complexity index is 600. The van der Waals surface area contributed by atoms with Crippen molar-refractivity contribution in [3.63, 3.8) is 0 Å². The van der Waals surface area contributed by atoms with Crippen LogP contribution in [-0.2, 0) is 0 Å². The minimum atomic E-state index is -1.03. The van der Waals surface area contributed by atoms with Gasteiger partial charge in [-0.3, -0.25) is 0 Å². The van der Waals surface area contributed by atoms with Crippen molar-refractivity contribution in [2.75, 3.05) is 0 Å². The summed E-state index contributed by atoms with van der Waals surface area (Å²) < 4.78 is 32.3. The van der Waals surface area contributed by atoms with Gasteiger partial charge >= 0.3 is 0 Å². The van der Waals surface area contributed by atoms with Crippen LogP contribution in [0, 0.1) is 11.6 Å². The zero-order valence-electron chi connectivity index (χ0n) is 10.0. The van der Waals surface area contributed by atoms with E-state index in [4.69, 9.17) is 16.3 Å². The Kier molecular flexibility index (Phi) is 4.02. The van der Waals surface area contributed by atoms with Gasteiger partial charge in [0.15, 0.2) is 0 Å². The molecule has 0 radical (unpaired) electrons. The summed E-state index contributed by atoms with van der Waals surface area (Å²) in [7, 11) is 0. The smallest absolute Gasteiger partial charge is 0.145 e. The fraction of sp³-hybridized carbons (Fsp3) is 0.143. The Morgan fingerprint density at radius 3 is 2.53 bits per heavy atom. The zero-order chi connectivity index (χ0) is 14.0. The third-order valence-electron chi connectivity index (χ3n) is 2.55. The highest BCUT2D eigenvalue weighted by Gasteiger charge is 2.15. The average Bonchev–Trinajstić information content (AvgIpc) is 2.33. The van der Waals surface area contributed by atoms with Crippen molar-refractivity contribution in [1.29, 1.82) is 0 Å². The largest absolute Gasteiger partial charge is 0.457 e. The van der Waals surface area contributed by atoms with Gasteiger partial charge in [-0.1, -0.05) is 17.7 Å². The van der Waals surface area contributed by atoms with Crippen molar-refractivity contribution in [1.82, 2.24) is 0 Å². The number of aliphatic hydroxyl groups excluding tert-OH is 1. The predicted molar refractivity (Wildman–Crippen MR) is 68.5 cm³/mol. The molecule has 2 aromatic carbocycles. The van der Waals surface area contributed by atoms with Crippen molar-refractivity contribution in [3.8, 4) is 11.5 Å². The first-order valence-electron chi connectivity index (χ1n) is 5.58. The molecule has 1 atom stereocenters. The summed E-state index contributed by atoms with van der Waals surface area (Å²) in [5.41, 5.74) is 0.0258. The van der Waals surface area contributed by atoms with E-state index in [1.165, 1.54) is 37.3 Å². The van der Waals surface area contributed by atoms with Crippen LogP contribution < -0.4 is 4.74 Å². The number of hydrogen-bond acceptors (Lipinski definition) is 2. The summed E-state index contributed by atoms with van der Waals surface area (Å²) in [6, 6.07) is 8.06. The molecule has 0 fully saturated rings. The lowest BCUT2D eigenvalue weighted by Crippen LogP contribution is -2.00. The molecule has 0 unspecified atom stereocenters. The molecule has 2 aromatic rings. The maximum atomic E-state index is 13.6.